The molecule has 1 atom stereocenters. The number of ketones is 1. The standard InChI is InChI=1S/C44H82N4O11/c1-43(2,3)58-41(51)22-20-18-16-14-12-10-8-7-9-11-13-15-17-19-21-39(49)37-38(42(52)59-44(4,5)6)23-24-40(50)46-25-27-53-29-31-55-33-35-57-36-34-56-32-30-54-28-26-47-48-45/h38H,7-37H2,1-6H3,(H,46,50)/t38-/m1/s1. The Morgan fingerprint density at radius 1 is 0.542 bits per heavy atom. The van der Waals surface area contributed by atoms with Gasteiger partial charge in [-0.05, 0) is 66.3 Å². The molecule has 0 aliphatic heterocycles. The minimum absolute atomic E-state index is 0.0407. The summed E-state index contributed by atoms with van der Waals surface area (Å²) in [6.07, 6.45) is 17.5. The fourth-order valence-corrected chi connectivity index (χ4v) is 5.96. The van der Waals surface area contributed by atoms with E-state index in [1.807, 2.05) is 20.8 Å². The average molecular weight is 843 g/mol. The first-order valence-electron chi connectivity index (χ1n) is 22.4. The van der Waals surface area contributed by atoms with Gasteiger partial charge in [0.2, 0.25) is 5.91 Å². The van der Waals surface area contributed by atoms with Crippen molar-refractivity contribution in [1.29, 1.82) is 0 Å². The van der Waals surface area contributed by atoms with Gasteiger partial charge in [0.1, 0.15) is 17.0 Å². The monoisotopic (exact) mass is 843 g/mol. The van der Waals surface area contributed by atoms with Crippen molar-refractivity contribution in [1.82, 2.24) is 5.32 Å². The molecule has 344 valence electrons. The zero-order valence-corrected chi connectivity index (χ0v) is 37.8. The smallest absolute Gasteiger partial charge is 0.309 e. The molecule has 0 rings (SSSR count). The second-order valence-corrected chi connectivity index (χ2v) is 16.9. The van der Waals surface area contributed by atoms with E-state index < -0.39 is 23.1 Å². The Hall–Kier alpha value is -2.81. The summed E-state index contributed by atoms with van der Waals surface area (Å²) in [4.78, 5) is 52.7. The third-order valence-electron chi connectivity index (χ3n) is 8.90. The number of esters is 2. The lowest BCUT2D eigenvalue weighted by molar-refractivity contribution is -0.161. The minimum atomic E-state index is -0.678. The van der Waals surface area contributed by atoms with Gasteiger partial charge in [0.15, 0.2) is 0 Å². The normalized spacial score (nSPS) is 12.2. The average Bonchev–Trinajstić information content (AvgIpc) is 3.15. The highest BCUT2D eigenvalue weighted by Crippen LogP contribution is 2.21. The zero-order valence-electron chi connectivity index (χ0n) is 37.8. The van der Waals surface area contributed by atoms with Crippen LogP contribution in [0.25, 0.3) is 10.4 Å². The number of azide groups is 1. The Bertz CT molecular complexity index is 1120. The minimum Gasteiger partial charge on any atom is -0.460 e. The van der Waals surface area contributed by atoms with Crippen LogP contribution in [0.3, 0.4) is 0 Å². The van der Waals surface area contributed by atoms with E-state index in [-0.39, 0.29) is 36.9 Å². The third-order valence-corrected chi connectivity index (χ3v) is 8.90. The van der Waals surface area contributed by atoms with Crippen LogP contribution in [0, 0.1) is 5.92 Å². The number of Topliss-reactive ketones (excluding diaryl/α,β-unsaturated/α-hetero) is 1. The molecule has 1 N–H and O–H groups in total. The van der Waals surface area contributed by atoms with Crippen LogP contribution in [-0.4, -0.2) is 114 Å². The van der Waals surface area contributed by atoms with Crippen LogP contribution in [0.15, 0.2) is 5.11 Å². The van der Waals surface area contributed by atoms with Gasteiger partial charge in [-0.25, -0.2) is 0 Å². The van der Waals surface area contributed by atoms with Crippen LogP contribution in [0.2, 0.25) is 0 Å². The maximum atomic E-state index is 12.9. The lowest BCUT2D eigenvalue weighted by Crippen LogP contribution is -2.32. The third kappa shape index (κ3) is 43.1. The second kappa shape index (κ2) is 38.1. The van der Waals surface area contributed by atoms with Crippen molar-refractivity contribution in [2.24, 2.45) is 11.0 Å². The van der Waals surface area contributed by atoms with E-state index in [1.165, 1.54) is 57.8 Å². The molecule has 1 amide bonds. The SMILES string of the molecule is CC(C)(C)OC(=O)CCCCCCCCCCCCCCCCC(=O)C[C@@H](CCC(=O)NCCOCCOCCOCCOCCOCCN=[N+]=[N-])C(=O)OC(C)(C)C. The van der Waals surface area contributed by atoms with Crippen molar-refractivity contribution < 1.29 is 52.3 Å². The Morgan fingerprint density at radius 2 is 0.949 bits per heavy atom. The molecule has 0 aliphatic carbocycles. The summed E-state index contributed by atoms with van der Waals surface area (Å²) in [5.41, 5.74) is 7.10. The van der Waals surface area contributed by atoms with Crippen molar-refractivity contribution in [2.75, 3.05) is 79.2 Å². The largest absolute Gasteiger partial charge is 0.460 e. The van der Waals surface area contributed by atoms with Gasteiger partial charge in [-0.15, -0.1) is 0 Å². The first-order valence-corrected chi connectivity index (χ1v) is 22.4. The summed E-state index contributed by atoms with van der Waals surface area (Å²) in [7, 11) is 0. The van der Waals surface area contributed by atoms with Gasteiger partial charge in [0, 0.05) is 43.7 Å². The summed E-state index contributed by atoms with van der Waals surface area (Å²) in [6.45, 7) is 15.8. The molecule has 0 unspecified atom stereocenters. The van der Waals surface area contributed by atoms with Crippen LogP contribution >= 0.6 is 0 Å². The van der Waals surface area contributed by atoms with Crippen LogP contribution < -0.4 is 5.32 Å². The van der Waals surface area contributed by atoms with Gasteiger partial charge in [-0.1, -0.05) is 82.2 Å². The van der Waals surface area contributed by atoms with Crippen LogP contribution in [0.5, 0.6) is 0 Å². The van der Waals surface area contributed by atoms with Crippen molar-refractivity contribution >= 4 is 23.6 Å². The number of carbonyl (C=O) groups is 4. The van der Waals surface area contributed by atoms with Gasteiger partial charge < -0.3 is 38.5 Å². The first-order chi connectivity index (χ1) is 28.2. The summed E-state index contributed by atoms with van der Waals surface area (Å²) < 4.78 is 38.0. The molecular formula is C44H82N4O11. The molecule has 0 aromatic carbocycles. The quantitative estimate of drug-likeness (QED) is 0.0203. The summed E-state index contributed by atoms with van der Waals surface area (Å²) in [5, 5.41) is 6.19. The van der Waals surface area contributed by atoms with Crippen molar-refractivity contribution in [3.63, 3.8) is 0 Å². The fourth-order valence-electron chi connectivity index (χ4n) is 5.96. The molecule has 15 heteroatoms. The predicted molar refractivity (Wildman–Crippen MR) is 229 cm³/mol. The lowest BCUT2D eigenvalue weighted by Gasteiger charge is -2.23. The van der Waals surface area contributed by atoms with Crippen LogP contribution in [0.4, 0.5) is 0 Å². The van der Waals surface area contributed by atoms with Crippen molar-refractivity contribution in [3.05, 3.63) is 10.4 Å². The van der Waals surface area contributed by atoms with Crippen molar-refractivity contribution in [2.45, 2.75) is 175 Å². The van der Waals surface area contributed by atoms with Gasteiger partial charge >= 0.3 is 11.9 Å². The molecule has 0 aliphatic rings. The predicted octanol–water partition coefficient (Wildman–Crippen LogP) is 8.78. The molecule has 0 radical (unpaired) electrons. The van der Waals surface area contributed by atoms with Crippen molar-refractivity contribution in [3.8, 4) is 0 Å². The number of amides is 1. The highest BCUT2D eigenvalue weighted by atomic mass is 16.6. The Kier molecular flexibility index (Phi) is 36.3. The second-order valence-electron chi connectivity index (χ2n) is 16.9. The molecule has 0 saturated carbocycles. The molecule has 15 nitrogen and oxygen atoms in total. The highest BCUT2D eigenvalue weighted by Gasteiger charge is 2.27. The van der Waals surface area contributed by atoms with E-state index in [0.717, 1.165) is 32.1 Å². The maximum absolute atomic E-state index is 12.9. The molecular weight excluding hydrogens is 761 g/mol. The lowest BCUT2D eigenvalue weighted by atomic mass is 9.94. The summed E-state index contributed by atoms with van der Waals surface area (Å²) in [5.74, 6) is -1.33. The highest BCUT2D eigenvalue weighted by molar-refractivity contribution is 5.85. The molecule has 0 fully saturated rings. The fraction of sp³-hybridized carbons (Fsp3) is 0.909. The molecule has 0 aromatic rings. The number of ether oxygens (including phenoxy) is 7. The topological polar surface area (TPSA) is 194 Å². The summed E-state index contributed by atoms with van der Waals surface area (Å²) in [6, 6.07) is 0. The summed E-state index contributed by atoms with van der Waals surface area (Å²) >= 11 is 0. The van der Waals surface area contributed by atoms with E-state index in [0.29, 0.717) is 92.0 Å². The van der Waals surface area contributed by atoms with Gasteiger partial charge in [0.05, 0.1) is 72.0 Å². The molecule has 0 aromatic heterocycles. The molecule has 59 heavy (non-hydrogen) atoms. The maximum Gasteiger partial charge on any atom is 0.309 e. The Morgan fingerprint density at radius 3 is 1.39 bits per heavy atom. The molecule has 0 saturated heterocycles. The van der Waals surface area contributed by atoms with Gasteiger partial charge in [0.25, 0.3) is 0 Å². The van der Waals surface area contributed by atoms with Gasteiger partial charge in [-0.2, -0.15) is 0 Å². The first kappa shape index (κ1) is 56.2. The van der Waals surface area contributed by atoms with Crippen LogP contribution in [0.1, 0.15) is 164 Å². The van der Waals surface area contributed by atoms with E-state index >= 15 is 0 Å². The number of hydrogen-bond acceptors (Lipinski definition) is 12. The molecule has 0 spiro atoms. The number of unbranched alkanes of at least 4 members (excludes halogenated alkanes) is 13. The Balaban J connectivity index is 3.92. The van der Waals surface area contributed by atoms with E-state index in [4.69, 9.17) is 38.7 Å². The van der Waals surface area contributed by atoms with Crippen LogP contribution in [-0.2, 0) is 52.3 Å². The molecule has 0 bridgehead atoms. The van der Waals surface area contributed by atoms with Gasteiger partial charge in [-0.3, -0.25) is 19.2 Å². The zero-order chi connectivity index (χ0) is 43.9. The number of hydrogen-bond donors (Lipinski definition) is 1. The number of nitrogens with zero attached hydrogens (tertiary/aromatic N) is 3. The van der Waals surface area contributed by atoms with E-state index in [1.54, 1.807) is 20.8 Å². The molecule has 0 heterocycles. The number of rotatable bonds is 41. The number of carbonyl (C=O) groups excluding carboxylic acids is 4. The number of nitrogens with one attached hydrogen (secondary N) is 1. The van der Waals surface area contributed by atoms with E-state index in [9.17, 15) is 19.2 Å². The Labute approximate surface area is 356 Å². The van der Waals surface area contributed by atoms with E-state index in [2.05, 4.69) is 15.3 Å².